The number of piperazine rings is 1. The van der Waals surface area contributed by atoms with Crippen molar-refractivity contribution < 1.29 is 14.3 Å². The summed E-state index contributed by atoms with van der Waals surface area (Å²) in [7, 11) is 2.13. The van der Waals surface area contributed by atoms with Crippen LogP contribution in [-0.2, 0) is 4.79 Å². The van der Waals surface area contributed by atoms with Gasteiger partial charge in [-0.2, -0.15) is 0 Å². The Hall–Kier alpha value is -2.12. The number of ether oxygens (including phenoxy) is 1. The number of para-hydroxylation sites is 1. The third-order valence-electron chi connectivity index (χ3n) is 7.22. The van der Waals surface area contributed by atoms with Crippen LogP contribution in [0.5, 0.6) is 5.75 Å². The molecular weight excluding hydrogens is 428 g/mol. The molecule has 0 saturated carbocycles. The molecule has 1 atom stereocenters. The molecule has 7 nitrogen and oxygen atoms in total. The van der Waals surface area contributed by atoms with Crippen LogP contribution in [0.15, 0.2) is 24.3 Å². The number of hydrogen-bond donors (Lipinski definition) is 0. The molecule has 0 aromatic heterocycles. The van der Waals surface area contributed by atoms with E-state index in [-0.39, 0.29) is 23.8 Å². The van der Waals surface area contributed by atoms with E-state index in [1.54, 1.807) is 0 Å². The van der Waals surface area contributed by atoms with Gasteiger partial charge >= 0.3 is 0 Å². The summed E-state index contributed by atoms with van der Waals surface area (Å²) in [4.78, 5) is 35.4. The number of amides is 2. The summed E-state index contributed by atoms with van der Waals surface area (Å²) in [6.07, 6.45) is 4.08. The van der Waals surface area contributed by atoms with E-state index in [4.69, 9.17) is 4.74 Å². The molecule has 1 aromatic carbocycles. The van der Waals surface area contributed by atoms with Gasteiger partial charge in [-0.3, -0.25) is 14.5 Å². The van der Waals surface area contributed by atoms with Crippen molar-refractivity contribution in [1.29, 1.82) is 0 Å². The Morgan fingerprint density at radius 2 is 1.68 bits per heavy atom. The second-order valence-electron chi connectivity index (χ2n) is 10.1. The fourth-order valence-electron chi connectivity index (χ4n) is 4.86. The number of likely N-dealkylation sites (N-methyl/N-ethyl adjacent to an activating group) is 1. The molecule has 0 N–H and O–H groups in total. The fourth-order valence-corrected chi connectivity index (χ4v) is 4.86. The van der Waals surface area contributed by atoms with Gasteiger partial charge in [0.05, 0.1) is 18.2 Å². The van der Waals surface area contributed by atoms with Gasteiger partial charge in [0.1, 0.15) is 12.4 Å². The number of hydrogen-bond acceptors (Lipinski definition) is 5. The minimum Gasteiger partial charge on any atom is -0.491 e. The predicted molar refractivity (Wildman–Crippen MR) is 136 cm³/mol. The highest BCUT2D eigenvalue weighted by molar-refractivity contribution is 5.96. The lowest BCUT2D eigenvalue weighted by Gasteiger charge is -2.38. The second-order valence-corrected chi connectivity index (χ2v) is 10.1. The molecule has 2 heterocycles. The van der Waals surface area contributed by atoms with Gasteiger partial charge in [0, 0.05) is 45.8 Å². The van der Waals surface area contributed by atoms with Gasteiger partial charge in [-0.15, -0.1) is 0 Å². The number of rotatable bonds is 4. The molecule has 0 unspecified atom stereocenters. The minimum absolute atomic E-state index is 0.0271. The van der Waals surface area contributed by atoms with Crippen LogP contribution < -0.4 is 4.74 Å². The molecular formula is C27H44N4O3. The molecule has 1 aromatic rings. The predicted octanol–water partition coefficient (Wildman–Crippen LogP) is 3.20. The SMILES string of the molecule is CCN1CCCCCCN(C(=O)CN2CCN(C)CC2)[C@@H](C(C)C)COc2ccccc2C1=O. The molecule has 2 amide bonds. The first-order chi connectivity index (χ1) is 16.4. The average Bonchev–Trinajstić information content (AvgIpc) is 2.83. The van der Waals surface area contributed by atoms with Crippen LogP contribution in [0.2, 0.25) is 0 Å². The smallest absolute Gasteiger partial charge is 0.257 e. The van der Waals surface area contributed by atoms with Crippen molar-refractivity contribution in [2.75, 3.05) is 66.0 Å². The molecule has 190 valence electrons. The molecule has 2 aliphatic heterocycles. The van der Waals surface area contributed by atoms with E-state index in [0.29, 0.717) is 31.0 Å². The molecule has 1 saturated heterocycles. The van der Waals surface area contributed by atoms with Crippen molar-refractivity contribution in [1.82, 2.24) is 19.6 Å². The quantitative estimate of drug-likeness (QED) is 0.674. The van der Waals surface area contributed by atoms with Crippen LogP contribution in [0.25, 0.3) is 0 Å². The molecule has 0 radical (unpaired) electrons. The Labute approximate surface area is 206 Å². The summed E-state index contributed by atoms with van der Waals surface area (Å²) in [5.41, 5.74) is 0.610. The summed E-state index contributed by atoms with van der Waals surface area (Å²) in [6.45, 7) is 13.3. The average molecular weight is 473 g/mol. The van der Waals surface area contributed by atoms with Crippen molar-refractivity contribution in [2.24, 2.45) is 5.92 Å². The zero-order valence-corrected chi connectivity index (χ0v) is 21.7. The topological polar surface area (TPSA) is 56.3 Å². The van der Waals surface area contributed by atoms with Crippen LogP contribution >= 0.6 is 0 Å². The molecule has 0 bridgehead atoms. The third kappa shape index (κ3) is 7.19. The highest BCUT2D eigenvalue weighted by Gasteiger charge is 2.29. The van der Waals surface area contributed by atoms with Crippen molar-refractivity contribution in [3.8, 4) is 5.75 Å². The Balaban J connectivity index is 1.80. The lowest BCUT2D eigenvalue weighted by atomic mass is 10.0. The standard InChI is InChI=1S/C27H44N4O3/c1-5-30-14-10-6-7-11-15-31(26(32)20-29-18-16-28(4)17-19-29)24(22(2)3)21-34-25-13-9-8-12-23(25)27(30)33/h8-9,12-13,22,24H,5-7,10-11,14-21H2,1-4H3/t24-/m1/s1. The van der Waals surface area contributed by atoms with Gasteiger partial charge in [0.2, 0.25) is 5.91 Å². The summed E-state index contributed by atoms with van der Waals surface area (Å²) >= 11 is 0. The number of carbonyl (C=O) groups excluding carboxylic acids is 2. The second kappa shape index (κ2) is 13.1. The lowest BCUT2D eigenvalue weighted by Crippen LogP contribution is -2.53. The van der Waals surface area contributed by atoms with Gasteiger partial charge < -0.3 is 19.4 Å². The maximum atomic E-state index is 13.5. The first kappa shape index (κ1) is 26.5. The third-order valence-corrected chi connectivity index (χ3v) is 7.22. The van der Waals surface area contributed by atoms with Gasteiger partial charge in [-0.1, -0.05) is 38.8 Å². The van der Waals surface area contributed by atoms with E-state index >= 15 is 0 Å². The maximum Gasteiger partial charge on any atom is 0.257 e. The van der Waals surface area contributed by atoms with Crippen molar-refractivity contribution >= 4 is 11.8 Å². The maximum absolute atomic E-state index is 13.5. The monoisotopic (exact) mass is 472 g/mol. The fraction of sp³-hybridized carbons (Fsp3) is 0.704. The highest BCUT2D eigenvalue weighted by Crippen LogP contribution is 2.23. The first-order valence-electron chi connectivity index (χ1n) is 13.1. The summed E-state index contributed by atoms with van der Waals surface area (Å²) in [5.74, 6) is 1.08. The summed E-state index contributed by atoms with van der Waals surface area (Å²) in [5, 5.41) is 0. The molecule has 2 aliphatic rings. The largest absolute Gasteiger partial charge is 0.491 e. The summed E-state index contributed by atoms with van der Waals surface area (Å²) < 4.78 is 6.29. The normalized spacial score (nSPS) is 22.3. The molecule has 7 heteroatoms. The molecule has 3 rings (SSSR count). The molecule has 1 fully saturated rings. The molecule has 0 spiro atoms. The van der Waals surface area contributed by atoms with E-state index in [1.165, 1.54) is 0 Å². The highest BCUT2D eigenvalue weighted by atomic mass is 16.5. The van der Waals surface area contributed by atoms with Crippen LogP contribution in [0.1, 0.15) is 56.8 Å². The zero-order chi connectivity index (χ0) is 24.5. The van der Waals surface area contributed by atoms with Crippen molar-refractivity contribution in [3.05, 3.63) is 29.8 Å². The van der Waals surface area contributed by atoms with Gasteiger partial charge in [0.15, 0.2) is 0 Å². The van der Waals surface area contributed by atoms with Crippen molar-refractivity contribution in [2.45, 2.75) is 52.5 Å². The zero-order valence-electron chi connectivity index (χ0n) is 21.7. The number of carbonyl (C=O) groups is 2. The van der Waals surface area contributed by atoms with E-state index in [1.807, 2.05) is 36.1 Å². The Kier molecular flexibility index (Phi) is 10.2. The van der Waals surface area contributed by atoms with Crippen LogP contribution in [0.4, 0.5) is 0 Å². The Morgan fingerprint density at radius 1 is 1.00 bits per heavy atom. The van der Waals surface area contributed by atoms with Gasteiger partial charge in [0.25, 0.3) is 5.91 Å². The molecule has 34 heavy (non-hydrogen) atoms. The lowest BCUT2D eigenvalue weighted by molar-refractivity contribution is -0.137. The number of nitrogens with zero attached hydrogens (tertiary/aromatic N) is 4. The number of fused-ring (bicyclic) bond motifs is 1. The Morgan fingerprint density at radius 3 is 2.35 bits per heavy atom. The first-order valence-corrected chi connectivity index (χ1v) is 13.1. The van der Waals surface area contributed by atoms with Crippen molar-refractivity contribution in [3.63, 3.8) is 0 Å². The van der Waals surface area contributed by atoms with E-state index in [0.717, 1.165) is 65.0 Å². The number of benzene rings is 1. The van der Waals surface area contributed by atoms with E-state index < -0.39 is 0 Å². The van der Waals surface area contributed by atoms with E-state index in [9.17, 15) is 9.59 Å². The van der Waals surface area contributed by atoms with E-state index in [2.05, 4.69) is 35.6 Å². The molecule has 0 aliphatic carbocycles. The van der Waals surface area contributed by atoms with Gasteiger partial charge in [-0.05, 0) is 44.9 Å². The summed E-state index contributed by atoms with van der Waals surface area (Å²) in [6, 6.07) is 7.50. The van der Waals surface area contributed by atoms with Crippen LogP contribution in [0.3, 0.4) is 0 Å². The van der Waals surface area contributed by atoms with Crippen LogP contribution in [0, 0.1) is 5.92 Å². The van der Waals surface area contributed by atoms with Crippen LogP contribution in [-0.4, -0.2) is 103 Å². The van der Waals surface area contributed by atoms with Gasteiger partial charge in [-0.25, -0.2) is 0 Å². The Bertz CT molecular complexity index is 792. The minimum atomic E-state index is -0.0339.